The van der Waals surface area contributed by atoms with Gasteiger partial charge in [0.2, 0.25) is 47.3 Å². The zero-order chi connectivity index (χ0) is 72.1. The molecule has 4 aromatic rings. The number of nitrogens with zero attached hydrogens (tertiary/aromatic N) is 4. The van der Waals surface area contributed by atoms with Crippen molar-refractivity contribution in [2.24, 2.45) is 5.73 Å². The van der Waals surface area contributed by atoms with Crippen LogP contribution in [0.5, 0.6) is 5.75 Å². The summed E-state index contributed by atoms with van der Waals surface area (Å²) in [4.78, 5) is 163. The van der Waals surface area contributed by atoms with Crippen LogP contribution in [0.4, 0.5) is 0 Å². The molecule has 18 N–H and O–H groups in total. The Hall–Kier alpha value is -8.45. The Morgan fingerprint density at radius 3 is 1.68 bits per heavy atom. The van der Waals surface area contributed by atoms with Crippen LogP contribution in [0.2, 0.25) is 0 Å². The van der Waals surface area contributed by atoms with E-state index in [9.17, 15) is 74.1 Å². The molecule has 542 valence electrons. The number of para-hydroxylation sites is 1. The number of carboxylic acid groups (broad SMARTS) is 3. The number of H-pyrrole nitrogens is 1. The van der Waals surface area contributed by atoms with Gasteiger partial charge in [-0.3, -0.25) is 72.3 Å². The van der Waals surface area contributed by atoms with Crippen molar-refractivity contribution in [3.63, 3.8) is 0 Å². The molecule has 0 aliphatic carbocycles. The van der Waals surface area contributed by atoms with Crippen LogP contribution in [0.3, 0.4) is 0 Å². The maximum Gasteiger partial charge on any atom is 0.317 e. The van der Waals surface area contributed by atoms with Crippen molar-refractivity contribution in [1.29, 1.82) is 0 Å². The number of aliphatic carboxylic acids is 3. The summed E-state index contributed by atoms with van der Waals surface area (Å²) in [5.41, 5.74) is 8.05. The molecule has 2 aliphatic rings. The van der Waals surface area contributed by atoms with Gasteiger partial charge in [0.15, 0.2) is 0 Å². The number of hydrogen-bond acceptors (Lipinski definition) is 22. The van der Waals surface area contributed by atoms with Gasteiger partial charge in [-0.25, -0.2) is 0 Å². The fourth-order valence-electron chi connectivity index (χ4n) is 11.1. The number of nitrogens with one attached hydrogen (secondary N) is 9. The Kier molecular flexibility index (Phi) is 32.6. The Morgan fingerprint density at radius 2 is 1.12 bits per heavy atom. The zero-order valence-electron chi connectivity index (χ0n) is 55.2. The summed E-state index contributed by atoms with van der Waals surface area (Å²) in [6.07, 6.45) is -1.31. The predicted octanol–water partition coefficient (Wildman–Crippen LogP) is -3.47. The highest BCUT2D eigenvalue weighted by Gasteiger charge is 2.37. The van der Waals surface area contributed by atoms with Crippen LogP contribution in [0.15, 0.2) is 85.1 Å². The number of carbonyl (C=O) groups excluding carboxylic acids is 8. The van der Waals surface area contributed by atoms with E-state index in [1.54, 1.807) is 80.4 Å². The highest BCUT2D eigenvalue weighted by molar-refractivity contribution is 8.76. The molecule has 3 aromatic carbocycles. The first-order valence-corrected chi connectivity index (χ1v) is 35.0. The molecule has 1 unspecified atom stereocenters. The molecule has 2 aliphatic heterocycles. The largest absolute Gasteiger partial charge is 0.508 e. The number of phenolic OH excluding ortho intramolecular Hbond substituents is 1. The second kappa shape index (κ2) is 40.6. The highest BCUT2D eigenvalue weighted by atomic mass is 33.1. The molecule has 1 aromatic heterocycles. The van der Waals surface area contributed by atoms with Gasteiger partial charge in [0.1, 0.15) is 48.0 Å². The lowest BCUT2D eigenvalue weighted by Gasteiger charge is -2.33. The average molecular weight is 1420 g/mol. The summed E-state index contributed by atoms with van der Waals surface area (Å²) in [6.45, 7) is 1.08. The first-order chi connectivity index (χ1) is 47.3. The molecule has 0 radical (unpaired) electrons. The molecule has 99 heavy (non-hydrogen) atoms. The molecule has 0 bridgehead atoms. The lowest BCUT2D eigenvalue weighted by molar-refractivity contribution is -0.140. The molecule has 34 heteroatoms. The van der Waals surface area contributed by atoms with Gasteiger partial charge in [0.25, 0.3) is 0 Å². The minimum atomic E-state index is -1.77. The molecular weight excluding hydrogens is 1330 g/mol. The molecular formula is C65H92N14O18S2. The van der Waals surface area contributed by atoms with Crippen molar-refractivity contribution in [2.75, 3.05) is 103 Å². The van der Waals surface area contributed by atoms with Crippen molar-refractivity contribution in [3.05, 3.63) is 102 Å². The normalized spacial score (nSPS) is 22.0. The number of carboxylic acids is 3. The summed E-state index contributed by atoms with van der Waals surface area (Å²) < 4.78 is 0. The van der Waals surface area contributed by atoms with E-state index in [-0.39, 0.29) is 115 Å². The quantitative estimate of drug-likeness (QED) is 0.0215. The number of aromatic amines is 1. The van der Waals surface area contributed by atoms with E-state index >= 15 is 14.4 Å². The number of rotatable bonds is 26. The summed E-state index contributed by atoms with van der Waals surface area (Å²) in [7, 11) is 1.81. The minimum absolute atomic E-state index is 0.0540. The molecule has 10 atom stereocenters. The number of benzene rings is 3. The predicted molar refractivity (Wildman–Crippen MR) is 366 cm³/mol. The van der Waals surface area contributed by atoms with E-state index < -0.39 is 152 Å². The summed E-state index contributed by atoms with van der Waals surface area (Å²) in [5, 5.41) is 93.2. The highest BCUT2D eigenvalue weighted by Crippen LogP contribution is 2.25. The van der Waals surface area contributed by atoms with Gasteiger partial charge in [-0.05, 0) is 74.5 Å². The fraction of sp³-hybridized carbons (Fsp3) is 0.523. The number of phenols is 1. The molecule has 0 spiro atoms. The first-order valence-electron chi connectivity index (χ1n) is 32.5. The van der Waals surface area contributed by atoms with E-state index in [0.29, 0.717) is 34.0 Å². The van der Waals surface area contributed by atoms with Gasteiger partial charge in [-0.2, -0.15) is 0 Å². The zero-order valence-corrected chi connectivity index (χ0v) is 56.8. The van der Waals surface area contributed by atoms with Crippen LogP contribution in [0.1, 0.15) is 49.8 Å². The summed E-state index contributed by atoms with van der Waals surface area (Å²) >= 11 is 0. The van der Waals surface area contributed by atoms with Crippen LogP contribution >= 0.6 is 21.6 Å². The van der Waals surface area contributed by atoms with Crippen LogP contribution in [-0.2, 0) is 72.0 Å². The van der Waals surface area contributed by atoms with Gasteiger partial charge < -0.3 is 89.0 Å². The van der Waals surface area contributed by atoms with E-state index in [2.05, 4.69) is 47.5 Å². The topological polar surface area (TPSA) is 480 Å². The lowest BCUT2D eigenvalue weighted by atomic mass is 10.0. The summed E-state index contributed by atoms with van der Waals surface area (Å²) in [6, 6.07) is 9.21. The number of aliphatic hydroxyl groups is 3. The third kappa shape index (κ3) is 27.0. The Morgan fingerprint density at radius 1 is 0.596 bits per heavy atom. The Labute approximate surface area is 580 Å². The van der Waals surface area contributed by atoms with Crippen LogP contribution in [0, 0.1) is 0 Å². The molecule has 3 heterocycles. The van der Waals surface area contributed by atoms with Crippen LogP contribution in [0.25, 0.3) is 10.9 Å². The second-order valence-electron chi connectivity index (χ2n) is 24.5. The fourth-order valence-corrected chi connectivity index (χ4v) is 13.4. The molecule has 6 rings (SSSR count). The van der Waals surface area contributed by atoms with Crippen LogP contribution in [-0.4, -0.2) is 289 Å². The van der Waals surface area contributed by atoms with Crippen molar-refractivity contribution >= 4 is 97.7 Å². The van der Waals surface area contributed by atoms with Crippen molar-refractivity contribution in [3.8, 4) is 5.75 Å². The smallest absolute Gasteiger partial charge is 0.317 e. The number of unbranched alkanes of at least 4 members (excludes halogenated alkanes) is 1. The van der Waals surface area contributed by atoms with Crippen molar-refractivity contribution in [2.45, 2.75) is 113 Å². The van der Waals surface area contributed by atoms with Crippen molar-refractivity contribution in [1.82, 2.24) is 67.1 Å². The Bertz CT molecular complexity index is 3320. The van der Waals surface area contributed by atoms with Gasteiger partial charge in [-0.15, -0.1) is 0 Å². The SMILES string of the molecule is C[C@@H](O)C(CO)NC(=O)[C@@H]1CSSC[C@H](NC(=O)[C@@H](Cc2ccccc2)NC(=O)CN2CCN(CC(=O)O)CCN(CC(=O)O)CCN(CC(=O)O)CC2)C(=O)N[C@@H](Cc2ccc(O)cc2)C(=O)N[C@H](Cc2c[nH]c3ccccc23)C(=O)N[C@@H](CCCCN)C(=O)N[C@@H]([C@@H](C)O)C(=O)N1. The molecule has 0 saturated carbocycles. The van der Waals surface area contributed by atoms with Gasteiger partial charge >= 0.3 is 17.9 Å². The van der Waals surface area contributed by atoms with E-state index in [0.717, 1.165) is 21.6 Å². The van der Waals surface area contributed by atoms with Crippen LogP contribution < -0.4 is 48.3 Å². The van der Waals surface area contributed by atoms with Gasteiger partial charge in [0.05, 0.1) is 51.0 Å². The number of hydrogen-bond donors (Lipinski definition) is 17. The Balaban J connectivity index is 1.40. The standard InChI is InChI=1S/C65H92N14O18S2/c1-39(81)51(36-80)72-64(96)53-38-99-98-37-52(73-60(92)48(28-41-10-4-3-5-11-41)68-54(84)32-76-20-22-77(33-55(85)86)24-26-79(35-57(89)90)27-25-78(23-21-76)34-56(87)88)63(95)70-49(29-42-15-17-44(83)18-16-42)61(93)71-50(30-43-31-67-46-13-7-6-12-45(43)46)62(94)69-47(14-8-9-19-66)59(91)75-58(40(2)82)65(97)74-53/h3-7,10-13,15-18,31,39-40,47-53,58,67,80-83H,8-9,14,19-30,32-38,66H2,1-2H3,(H,68,84)(H,69,94)(H,70,95)(H,71,93)(H,72,96)(H,73,92)(H,74,97)(H,75,91)(H,85,86)(H,87,88)(H,89,90)/t39-,40-,47+,48-,49+,50-,51?,52+,53+,58+/m1/s1. The number of carbonyl (C=O) groups is 11. The second-order valence-corrected chi connectivity index (χ2v) is 27.0. The maximum absolute atomic E-state index is 15.3. The van der Waals surface area contributed by atoms with Gasteiger partial charge in [0, 0.05) is 100 Å². The van der Waals surface area contributed by atoms with E-state index in [1.807, 2.05) is 0 Å². The number of fused-ring (bicyclic) bond motifs is 1. The minimum Gasteiger partial charge on any atom is -0.508 e. The number of nitrogens with two attached hydrogens (primary N) is 1. The molecule has 2 fully saturated rings. The first kappa shape index (κ1) is 79.5. The maximum atomic E-state index is 15.3. The third-order valence-electron chi connectivity index (χ3n) is 16.6. The lowest BCUT2D eigenvalue weighted by Crippen LogP contribution is -2.62. The monoisotopic (exact) mass is 1420 g/mol. The number of aliphatic hydroxyl groups excluding tert-OH is 3. The van der Waals surface area contributed by atoms with Crippen molar-refractivity contribution < 1.29 is 88.5 Å². The summed E-state index contributed by atoms with van der Waals surface area (Å²) in [5.74, 6) is -11.6. The van der Waals surface area contributed by atoms with E-state index in [4.69, 9.17) is 5.73 Å². The number of aromatic hydroxyl groups is 1. The molecule has 32 nitrogen and oxygen atoms in total. The number of amides is 8. The molecule has 8 amide bonds. The third-order valence-corrected chi connectivity index (χ3v) is 19.0. The number of aromatic nitrogens is 1. The average Bonchev–Trinajstić information content (AvgIpc) is 1.76. The van der Waals surface area contributed by atoms with Gasteiger partial charge in [-0.1, -0.05) is 82.3 Å². The van der Waals surface area contributed by atoms with E-state index in [1.165, 1.54) is 38.1 Å². The molecule has 2 saturated heterocycles.